The van der Waals surface area contributed by atoms with E-state index in [1.54, 1.807) is 12.1 Å². The average molecular weight is 352 g/mol. The third-order valence-corrected chi connectivity index (χ3v) is 4.92. The highest BCUT2D eigenvalue weighted by molar-refractivity contribution is 5.16. The number of halogens is 1. The van der Waals surface area contributed by atoms with Gasteiger partial charge in [0.25, 0.3) is 0 Å². The largest absolute Gasteiger partial charge is 0.352 e. The molecule has 0 spiro atoms. The minimum absolute atomic E-state index is 0.134. The van der Waals surface area contributed by atoms with Crippen LogP contribution in [0.4, 0.5) is 4.39 Å². The summed E-state index contributed by atoms with van der Waals surface area (Å²) in [6.07, 6.45) is 4.77. The molecule has 0 saturated carbocycles. The van der Waals surface area contributed by atoms with Crippen LogP contribution in [0.3, 0.4) is 0 Å². The Balaban J connectivity index is 1.34. The summed E-state index contributed by atoms with van der Waals surface area (Å²) in [6, 6.07) is 6.58. The predicted octanol–water partition coefficient (Wildman–Crippen LogP) is 3.93. The van der Waals surface area contributed by atoms with Crippen molar-refractivity contribution >= 4 is 0 Å². The molecular weight excluding hydrogens is 323 g/mol. The lowest BCUT2D eigenvalue weighted by Gasteiger charge is -2.37. The van der Waals surface area contributed by atoms with Crippen molar-refractivity contribution in [1.82, 2.24) is 0 Å². The highest BCUT2D eigenvalue weighted by atomic mass is 19.1. The van der Waals surface area contributed by atoms with Crippen molar-refractivity contribution in [3.05, 3.63) is 35.6 Å². The quantitative estimate of drug-likeness (QED) is 0.745. The third kappa shape index (κ3) is 5.74. The van der Waals surface area contributed by atoms with Crippen LogP contribution in [0.1, 0.15) is 38.2 Å². The Morgan fingerprint density at radius 3 is 2.24 bits per heavy atom. The molecule has 0 aromatic heterocycles. The van der Waals surface area contributed by atoms with Gasteiger partial charge in [-0.05, 0) is 30.5 Å². The maximum absolute atomic E-state index is 12.9. The molecule has 2 aliphatic heterocycles. The highest BCUT2D eigenvalue weighted by Gasteiger charge is 2.33. The zero-order chi connectivity index (χ0) is 17.5. The molecule has 4 nitrogen and oxygen atoms in total. The van der Waals surface area contributed by atoms with Crippen molar-refractivity contribution in [1.29, 1.82) is 0 Å². The van der Waals surface area contributed by atoms with Crippen LogP contribution in [-0.4, -0.2) is 39.0 Å². The van der Waals surface area contributed by atoms with Crippen molar-refractivity contribution in [3.63, 3.8) is 0 Å². The zero-order valence-corrected chi connectivity index (χ0v) is 15.0. The van der Waals surface area contributed by atoms with Crippen LogP contribution >= 0.6 is 0 Å². The lowest BCUT2D eigenvalue weighted by atomic mass is 10.0. The van der Waals surface area contributed by atoms with Crippen LogP contribution in [0.15, 0.2) is 24.3 Å². The number of unbranched alkanes of at least 4 members (excludes halogenated alkanes) is 1. The van der Waals surface area contributed by atoms with Crippen molar-refractivity contribution in [3.8, 4) is 0 Å². The Labute approximate surface area is 149 Å². The molecule has 3 rings (SSSR count). The van der Waals surface area contributed by atoms with Crippen LogP contribution in [0.5, 0.6) is 0 Å². The molecule has 0 amide bonds. The molecule has 1 aromatic carbocycles. The van der Waals surface area contributed by atoms with E-state index >= 15 is 0 Å². The molecule has 2 heterocycles. The van der Waals surface area contributed by atoms with Gasteiger partial charge in [-0.3, -0.25) is 0 Å². The summed E-state index contributed by atoms with van der Waals surface area (Å²) < 4.78 is 36.3. The van der Waals surface area contributed by atoms with Gasteiger partial charge in [0, 0.05) is 12.3 Å². The second-order valence-electron chi connectivity index (χ2n) is 7.06. The first kappa shape index (κ1) is 18.8. The normalized spacial score (nSPS) is 30.3. The van der Waals surface area contributed by atoms with Gasteiger partial charge >= 0.3 is 0 Å². The van der Waals surface area contributed by atoms with E-state index in [1.807, 2.05) is 0 Å². The molecular formula is C20H29FO4. The SMILES string of the molecule is CCCC[C@H]1CO[C@H]([C@H]2CO[C@H](CCc3ccc(F)cc3)OC2)OC1. The molecule has 0 bridgehead atoms. The summed E-state index contributed by atoms with van der Waals surface area (Å²) in [5.74, 6) is 0.445. The number of benzene rings is 1. The van der Waals surface area contributed by atoms with Crippen LogP contribution in [-0.2, 0) is 25.4 Å². The first-order valence-electron chi connectivity index (χ1n) is 9.45. The number of aryl methyl sites for hydroxylation is 1. The van der Waals surface area contributed by atoms with E-state index in [0.717, 1.165) is 31.6 Å². The minimum atomic E-state index is -0.212. The topological polar surface area (TPSA) is 36.9 Å². The van der Waals surface area contributed by atoms with E-state index in [-0.39, 0.29) is 24.3 Å². The van der Waals surface area contributed by atoms with Crippen molar-refractivity contribution in [2.45, 2.75) is 51.6 Å². The Hall–Kier alpha value is -1.01. The first-order chi connectivity index (χ1) is 12.2. The van der Waals surface area contributed by atoms with Gasteiger partial charge in [-0.2, -0.15) is 0 Å². The standard InChI is InChI=1S/C20H29FO4/c1-2-3-4-16-11-24-20(25-12-16)17-13-22-19(23-14-17)10-7-15-5-8-18(21)9-6-15/h5-6,8-9,16-17,19-20H,2-4,7,10-14H2,1H3/t16-,17-,19-,20-. The molecule has 0 unspecified atom stereocenters. The van der Waals surface area contributed by atoms with Gasteiger partial charge in [-0.25, -0.2) is 4.39 Å². The van der Waals surface area contributed by atoms with Crippen LogP contribution in [0.2, 0.25) is 0 Å². The van der Waals surface area contributed by atoms with E-state index in [9.17, 15) is 4.39 Å². The van der Waals surface area contributed by atoms with Crippen LogP contribution < -0.4 is 0 Å². The molecule has 140 valence electrons. The van der Waals surface area contributed by atoms with E-state index in [0.29, 0.717) is 19.1 Å². The molecule has 0 aliphatic carbocycles. The van der Waals surface area contributed by atoms with Gasteiger partial charge in [-0.15, -0.1) is 0 Å². The van der Waals surface area contributed by atoms with Crippen LogP contribution in [0, 0.1) is 17.7 Å². The van der Waals surface area contributed by atoms with Gasteiger partial charge in [-0.1, -0.05) is 31.9 Å². The van der Waals surface area contributed by atoms with E-state index in [1.165, 1.54) is 31.4 Å². The van der Waals surface area contributed by atoms with E-state index in [4.69, 9.17) is 18.9 Å². The van der Waals surface area contributed by atoms with E-state index in [2.05, 4.69) is 6.92 Å². The number of hydrogen-bond donors (Lipinski definition) is 0. The minimum Gasteiger partial charge on any atom is -0.352 e. The Morgan fingerprint density at radius 2 is 1.60 bits per heavy atom. The van der Waals surface area contributed by atoms with Crippen molar-refractivity contribution < 1.29 is 23.3 Å². The fourth-order valence-electron chi connectivity index (χ4n) is 3.31. The summed E-state index contributed by atoms with van der Waals surface area (Å²) in [5, 5.41) is 0. The first-order valence-corrected chi connectivity index (χ1v) is 9.45. The van der Waals surface area contributed by atoms with Crippen molar-refractivity contribution in [2.75, 3.05) is 26.4 Å². The maximum atomic E-state index is 12.9. The molecule has 2 saturated heterocycles. The average Bonchev–Trinajstić information content (AvgIpc) is 2.67. The molecule has 25 heavy (non-hydrogen) atoms. The number of hydrogen-bond acceptors (Lipinski definition) is 4. The molecule has 2 fully saturated rings. The Kier molecular flexibility index (Phi) is 7.23. The Bertz CT molecular complexity index is 491. The van der Waals surface area contributed by atoms with Gasteiger partial charge in [0.1, 0.15) is 5.82 Å². The van der Waals surface area contributed by atoms with Gasteiger partial charge in [0.15, 0.2) is 12.6 Å². The van der Waals surface area contributed by atoms with Crippen LogP contribution in [0.25, 0.3) is 0 Å². The predicted molar refractivity (Wildman–Crippen MR) is 92.6 cm³/mol. The zero-order valence-electron chi connectivity index (χ0n) is 15.0. The molecule has 2 aliphatic rings. The molecule has 0 atom stereocenters. The summed E-state index contributed by atoms with van der Waals surface area (Å²) >= 11 is 0. The number of ether oxygens (including phenoxy) is 4. The highest BCUT2D eigenvalue weighted by Crippen LogP contribution is 2.25. The number of rotatable bonds is 7. The second kappa shape index (κ2) is 9.62. The smallest absolute Gasteiger partial charge is 0.164 e. The summed E-state index contributed by atoms with van der Waals surface area (Å²) in [5.41, 5.74) is 1.09. The third-order valence-electron chi connectivity index (χ3n) is 4.92. The van der Waals surface area contributed by atoms with Gasteiger partial charge in [0.05, 0.1) is 32.3 Å². The second-order valence-corrected chi connectivity index (χ2v) is 7.06. The maximum Gasteiger partial charge on any atom is 0.164 e. The molecule has 0 radical (unpaired) electrons. The lowest BCUT2D eigenvalue weighted by Crippen LogP contribution is -2.44. The van der Waals surface area contributed by atoms with Crippen molar-refractivity contribution in [2.24, 2.45) is 11.8 Å². The summed E-state index contributed by atoms with van der Waals surface area (Å²) in [7, 11) is 0. The Morgan fingerprint density at radius 1 is 0.920 bits per heavy atom. The molecule has 5 heteroatoms. The fraction of sp³-hybridized carbons (Fsp3) is 0.700. The molecule has 1 aromatic rings. The van der Waals surface area contributed by atoms with Gasteiger partial charge in [0.2, 0.25) is 0 Å². The van der Waals surface area contributed by atoms with Gasteiger partial charge < -0.3 is 18.9 Å². The molecule has 0 N–H and O–H groups in total. The lowest BCUT2D eigenvalue weighted by molar-refractivity contribution is -0.281. The summed E-state index contributed by atoms with van der Waals surface area (Å²) in [6.45, 7) is 4.94. The monoisotopic (exact) mass is 352 g/mol. The van der Waals surface area contributed by atoms with E-state index < -0.39 is 0 Å². The summed E-state index contributed by atoms with van der Waals surface area (Å²) in [4.78, 5) is 0. The fourth-order valence-corrected chi connectivity index (χ4v) is 3.31.